The van der Waals surface area contributed by atoms with Gasteiger partial charge in [-0.15, -0.1) is 0 Å². The van der Waals surface area contributed by atoms with Gasteiger partial charge in [-0.1, -0.05) is 6.58 Å². The summed E-state index contributed by atoms with van der Waals surface area (Å²) in [5.41, 5.74) is 11.2. The highest BCUT2D eigenvalue weighted by molar-refractivity contribution is 5.94. The lowest BCUT2D eigenvalue weighted by Crippen LogP contribution is -2.10. The molecule has 0 bridgehead atoms. The molecule has 5 N–H and O–H groups in total. The van der Waals surface area contributed by atoms with E-state index in [2.05, 4.69) is 21.5 Å². The largest absolute Gasteiger partial charge is 0.463 e. The summed E-state index contributed by atoms with van der Waals surface area (Å²) in [5, 5.41) is 5.40. The second-order valence-electron chi connectivity index (χ2n) is 3.24. The zero-order valence-corrected chi connectivity index (χ0v) is 10.3. The minimum Gasteiger partial charge on any atom is -0.463 e. The van der Waals surface area contributed by atoms with Crippen LogP contribution >= 0.6 is 0 Å². The van der Waals surface area contributed by atoms with Crippen molar-refractivity contribution in [1.82, 2.24) is 15.0 Å². The number of rotatable bonds is 5. The number of isocyanates is 1. The Morgan fingerprint density at radius 3 is 2.26 bits per heavy atom. The van der Waals surface area contributed by atoms with Crippen molar-refractivity contribution >= 4 is 23.8 Å². The minimum absolute atomic E-state index is 0.0134. The van der Waals surface area contributed by atoms with Crippen molar-refractivity contribution < 1.29 is 14.3 Å². The SMILES string of the molecule is C=C(C)C(=O)CCOc1nc(N)nc(N)n1.N=C=O. The third-order valence-electron chi connectivity index (χ3n) is 1.69. The van der Waals surface area contributed by atoms with Crippen LogP contribution in [0, 0.1) is 5.41 Å². The average molecular weight is 266 g/mol. The molecule has 1 heterocycles. The van der Waals surface area contributed by atoms with Crippen molar-refractivity contribution in [2.45, 2.75) is 13.3 Å². The molecule has 0 spiro atoms. The van der Waals surface area contributed by atoms with Gasteiger partial charge in [0.15, 0.2) is 5.78 Å². The average Bonchev–Trinajstić information content (AvgIpc) is 2.28. The second-order valence-corrected chi connectivity index (χ2v) is 3.24. The minimum atomic E-state index is -0.0741. The Balaban J connectivity index is 0.000000982. The summed E-state index contributed by atoms with van der Waals surface area (Å²) in [6, 6.07) is 0.0134. The molecule has 0 aliphatic heterocycles. The molecular weight excluding hydrogens is 252 g/mol. The Hall–Kier alpha value is -2.80. The van der Waals surface area contributed by atoms with Gasteiger partial charge in [-0.2, -0.15) is 15.0 Å². The number of carbonyl (C=O) groups excluding carboxylic acids is 2. The van der Waals surface area contributed by atoms with E-state index in [1.807, 2.05) is 0 Å². The second kappa shape index (κ2) is 8.31. The first kappa shape index (κ1) is 16.2. The fraction of sp³-hybridized carbons (Fsp3) is 0.300. The van der Waals surface area contributed by atoms with Gasteiger partial charge in [0.05, 0.1) is 6.61 Å². The Kier molecular flexibility index (Phi) is 7.09. The van der Waals surface area contributed by atoms with Crippen LogP contribution in [0.5, 0.6) is 6.01 Å². The number of ether oxygens (including phenoxy) is 1. The molecule has 19 heavy (non-hydrogen) atoms. The lowest BCUT2D eigenvalue weighted by molar-refractivity contribution is -0.116. The predicted molar refractivity (Wildman–Crippen MR) is 67.0 cm³/mol. The summed E-state index contributed by atoms with van der Waals surface area (Å²) >= 11 is 0. The highest BCUT2D eigenvalue weighted by atomic mass is 16.5. The number of allylic oxidation sites excluding steroid dienone is 1. The fourth-order valence-corrected chi connectivity index (χ4v) is 0.901. The van der Waals surface area contributed by atoms with Crippen LogP contribution in [0.4, 0.5) is 11.9 Å². The lowest BCUT2D eigenvalue weighted by Gasteiger charge is -2.04. The molecule has 0 fully saturated rings. The van der Waals surface area contributed by atoms with Crippen LogP contribution in [-0.4, -0.2) is 33.4 Å². The number of nitrogens with zero attached hydrogens (tertiary/aromatic N) is 3. The van der Waals surface area contributed by atoms with Crippen LogP contribution in [-0.2, 0) is 9.59 Å². The molecule has 0 amide bonds. The van der Waals surface area contributed by atoms with E-state index in [0.717, 1.165) is 6.08 Å². The molecule has 102 valence electrons. The normalized spacial score (nSPS) is 8.68. The number of aromatic nitrogens is 3. The fourth-order valence-electron chi connectivity index (χ4n) is 0.901. The molecule has 0 aromatic carbocycles. The van der Waals surface area contributed by atoms with Crippen molar-refractivity contribution in [3.8, 4) is 6.01 Å². The molecule has 1 aromatic rings. The Labute approximate surface area is 109 Å². The van der Waals surface area contributed by atoms with E-state index >= 15 is 0 Å². The summed E-state index contributed by atoms with van der Waals surface area (Å²) in [6.07, 6.45) is 0.959. The molecule has 9 heteroatoms. The molecule has 1 aromatic heterocycles. The van der Waals surface area contributed by atoms with Crippen molar-refractivity contribution in [3.63, 3.8) is 0 Å². The number of nitrogens with one attached hydrogen (secondary N) is 1. The van der Waals surface area contributed by atoms with E-state index < -0.39 is 0 Å². The summed E-state index contributed by atoms with van der Waals surface area (Å²) < 4.78 is 5.10. The van der Waals surface area contributed by atoms with E-state index in [0.29, 0.717) is 5.57 Å². The standard InChI is InChI=1S/C9H13N5O2.CHNO/c1-5(2)6(15)3-4-16-9-13-7(10)12-8(11)14-9;2-1-3/h1,3-4H2,2H3,(H4,10,11,12,13,14);2H. The number of hydrogen-bond acceptors (Lipinski definition) is 9. The van der Waals surface area contributed by atoms with Gasteiger partial charge in [-0.05, 0) is 12.5 Å². The van der Waals surface area contributed by atoms with E-state index in [1.54, 1.807) is 6.92 Å². The molecular formula is C10H14N6O3. The first-order valence-corrected chi connectivity index (χ1v) is 5.03. The molecule has 0 saturated carbocycles. The summed E-state index contributed by atoms with van der Waals surface area (Å²) in [5.74, 6) is -0.113. The molecule has 0 aliphatic rings. The molecule has 0 unspecified atom stereocenters. The van der Waals surface area contributed by atoms with E-state index in [4.69, 9.17) is 26.4 Å². The van der Waals surface area contributed by atoms with Crippen molar-refractivity contribution in [2.75, 3.05) is 18.1 Å². The van der Waals surface area contributed by atoms with Gasteiger partial charge < -0.3 is 16.2 Å². The molecule has 9 nitrogen and oxygen atoms in total. The number of nitrogen functional groups attached to an aromatic ring is 2. The molecule has 1 rings (SSSR count). The van der Waals surface area contributed by atoms with Crippen LogP contribution in [0.2, 0.25) is 0 Å². The van der Waals surface area contributed by atoms with Crippen molar-refractivity contribution in [3.05, 3.63) is 12.2 Å². The lowest BCUT2D eigenvalue weighted by atomic mass is 10.2. The first-order chi connectivity index (χ1) is 8.90. The van der Waals surface area contributed by atoms with Gasteiger partial charge in [0.25, 0.3) is 0 Å². The highest BCUT2D eigenvalue weighted by Crippen LogP contribution is 2.06. The third kappa shape index (κ3) is 7.18. The van der Waals surface area contributed by atoms with Gasteiger partial charge in [-0.25, -0.2) is 10.2 Å². The maximum atomic E-state index is 11.2. The topological polar surface area (TPSA) is 158 Å². The molecule has 0 radical (unpaired) electrons. The quantitative estimate of drug-likeness (QED) is 0.377. The third-order valence-corrected chi connectivity index (χ3v) is 1.69. The van der Waals surface area contributed by atoms with Gasteiger partial charge >= 0.3 is 6.01 Å². The summed E-state index contributed by atoms with van der Waals surface area (Å²) in [7, 11) is 0. The van der Waals surface area contributed by atoms with Crippen LogP contribution in [0.15, 0.2) is 12.2 Å². The van der Waals surface area contributed by atoms with Crippen molar-refractivity contribution in [2.24, 2.45) is 0 Å². The number of Topliss-reactive ketones (excluding diaryl/α,β-unsaturated/α-hetero) is 1. The maximum absolute atomic E-state index is 11.2. The number of ketones is 1. The maximum Gasteiger partial charge on any atom is 0.323 e. The van der Waals surface area contributed by atoms with Crippen LogP contribution in [0.25, 0.3) is 0 Å². The molecule has 0 aliphatic carbocycles. The van der Waals surface area contributed by atoms with Crippen LogP contribution < -0.4 is 16.2 Å². The Morgan fingerprint density at radius 2 is 1.84 bits per heavy atom. The molecule has 0 atom stereocenters. The van der Waals surface area contributed by atoms with E-state index in [9.17, 15) is 4.79 Å². The van der Waals surface area contributed by atoms with Crippen molar-refractivity contribution in [1.29, 1.82) is 5.41 Å². The van der Waals surface area contributed by atoms with Crippen LogP contribution in [0.3, 0.4) is 0 Å². The zero-order valence-electron chi connectivity index (χ0n) is 10.3. The Morgan fingerprint density at radius 1 is 1.37 bits per heavy atom. The smallest absolute Gasteiger partial charge is 0.323 e. The van der Waals surface area contributed by atoms with Crippen LogP contribution in [0.1, 0.15) is 13.3 Å². The van der Waals surface area contributed by atoms with E-state index in [-0.39, 0.29) is 36.7 Å². The van der Waals surface area contributed by atoms with Gasteiger partial charge in [-0.3, -0.25) is 4.79 Å². The van der Waals surface area contributed by atoms with E-state index in [1.165, 1.54) is 0 Å². The highest BCUT2D eigenvalue weighted by Gasteiger charge is 2.05. The number of carbonyl (C=O) groups is 1. The number of nitrogens with two attached hydrogens (primary N) is 2. The Bertz CT molecular complexity index is 476. The number of hydrogen-bond donors (Lipinski definition) is 3. The molecule has 0 saturated heterocycles. The predicted octanol–water partition coefficient (Wildman–Crippen LogP) is -0.149. The monoisotopic (exact) mass is 266 g/mol. The summed E-state index contributed by atoms with van der Waals surface area (Å²) in [6.45, 7) is 5.31. The summed E-state index contributed by atoms with van der Waals surface area (Å²) in [4.78, 5) is 30.5. The first-order valence-electron chi connectivity index (χ1n) is 5.03. The van der Waals surface area contributed by atoms with Gasteiger partial charge in [0, 0.05) is 6.42 Å². The van der Waals surface area contributed by atoms with Gasteiger partial charge in [0.2, 0.25) is 18.0 Å². The zero-order chi connectivity index (χ0) is 14.8. The van der Waals surface area contributed by atoms with Gasteiger partial charge in [0.1, 0.15) is 0 Å². The number of anilines is 2.